The molecule has 0 radical (unpaired) electrons. The molecule has 2 fully saturated rings. The number of alkyl halides is 1. The van der Waals surface area contributed by atoms with Gasteiger partial charge in [0.25, 0.3) is 0 Å². The molecule has 0 aromatic rings. The molecule has 0 aliphatic carbocycles. The van der Waals surface area contributed by atoms with Crippen LogP contribution in [0.1, 0.15) is 32.1 Å². The van der Waals surface area contributed by atoms with Crippen LogP contribution in [-0.4, -0.2) is 42.5 Å². The second-order valence-corrected chi connectivity index (χ2v) is 5.41. The summed E-state index contributed by atoms with van der Waals surface area (Å²) in [6.07, 6.45) is 11.0. The first-order valence-electron chi connectivity index (χ1n) is 6.47. The first-order valence-corrected chi connectivity index (χ1v) is 7.01. The van der Waals surface area contributed by atoms with E-state index >= 15 is 0 Å². The Balaban J connectivity index is 1.78. The van der Waals surface area contributed by atoms with E-state index in [-0.39, 0.29) is 0 Å². The summed E-state index contributed by atoms with van der Waals surface area (Å²) < 4.78 is 0. The Bertz CT molecular complexity index is 228. The van der Waals surface area contributed by atoms with Gasteiger partial charge in [-0.1, -0.05) is 18.6 Å². The smallest absolute Gasteiger partial charge is 0.0404 e. The number of hydrogen-bond donors (Lipinski definition) is 1. The molecule has 0 aromatic heterocycles. The molecule has 0 saturated carbocycles. The van der Waals surface area contributed by atoms with Crippen molar-refractivity contribution in [3.8, 4) is 0 Å². The van der Waals surface area contributed by atoms with E-state index in [2.05, 4.69) is 23.3 Å². The highest BCUT2D eigenvalue weighted by Crippen LogP contribution is 2.32. The fraction of sp³-hybridized carbons (Fsp3) is 0.846. The largest absolute Gasteiger partial charge is 0.310 e. The van der Waals surface area contributed by atoms with E-state index in [9.17, 15) is 0 Å². The maximum absolute atomic E-state index is 5.60. The maximum Gasteiger partial charge on any atom is 0.0404 e. The van der Waals surface area contributed by atoms with Crippen molar-refractivity contribution in [2.45, 2.75) is 50.2 Å². The van der Waals surface area contributed by atoms with E-state index in [1.165, 1.54) is 32.1 Å². The van der Waals surface area contributed by atoms with Crippen LogP contribution in [0.3, 0.4) is 0 Å². The summed E-state index contributed by atoms with van der Waals surface area (Å²) in [5.74, 6) is 0.625. The Morgan fingerprint density at radius 2 is 1.94 bits per heavy atom. The minimum absolute atomic E-state index is 0.625. The highest BCUT2D eigenvalue weighted by Gasteiger charge is 2.35. The average Bonchev–Trinajstić information content (AvgIpc) is 2.25. The Hall–Kier alpha value is -0.0500. The van der Waals surface area contributed by atoms with Crippen LogP contribution in [0.5, 0.6) is 0 Å². The van der Waals surface area contributed by atoms with Crippen LogP contribution in [0.4, 0.5) is 0 Å². The molecule has 2 saturated heterocycles. The lowest BCUT2D eigenvalue weighted by Gasteiger charge is -2.47. The molecule has 2 rings (SSSR count). The minimum Gasteiger partial charge on any atom is -0.310 e. The first kappa shape index (κ1) is 12.4. The number of piperidine rings is 2. The van der Waals surface area contributed by atoms with Gasteiger partial charge in [0.05, 0.1) is 0 Å². The van der Waals surface area contributed by atoms with E-state index in [0.717, 1.165) is 18.6 Å². The zero-order chi connectivity index (χ0) is 11.4. The summed E-state index contributed by atoms with van der Waals surface area (Å²) in [5, 5.41) is 3.63. The molecule has 2 atom stereocenters. The zero-order valence-electron chi connectivity index (χ0n) is 10.2. The third-order valence-corrected chi connectivity index (χ3v) is 4.30. The lowest BCUT2D eigenvalue weighted by molar-refractivity contribution is 0.0495. The quantitative estimate of drug-likeness (QED) is 0.602. The Morgan fingerprint density at radius 3 is 2.56 bits per heavy atom. The molecule has 1 N–H and O–H groups in total. The lowest BCUT2D eigenvalue weighted by Crippen LogP contribution is -2.54. The SMILES string of the molecule is CN1C2CCCC1CC(NC/C=C/CCl)C2. The number of nitrogens with zero attached hydrogens (tertiary/aromatic N) is 1. The van der Waals surface area contributed by atoms with Crippen LogP contribution >= 0.6 is 11.6 Å². The van der Waals surface area contributed by atoms with Crippen molar-refractivity contribution in [3.05, 3.63) is 12.2 Å². The molecule has 0 spiro atoms. The van der Waals surface area contributed by atoms with Crippen molar-refractivity contribution < 1.29 is 0 Å². The molecular weight excluding hydrogens is 220 g/mol. The Morgan fingerprint density at radius 1 is 1.25 bits per heavy atom. The molecular formula is C13H23ClN2. The van der Waals surface area contributed by atoms with Gasteiger partial charge in [0, 0.05) is 30.6 Å². The van der Waals surface area contributed by atoms with E-state index in [1.807, 2.05) is 6.08 Å². The molecule has 2 unspecified atom stereocenters. The van der Waals surface area contributed by atoms with Crippen molar-refractivity contribution in [2.24, 2.45) is 0 Å². The fourth-order valence-electron chi connectivity index (χ4n) is 3.16. The predicted molar refractivity (Wildman–Crippen MR) is 70.1 cm³/mol. The molecule has 2 heterocycles. The maximum atomic E-state index is 5.60. The summed E-state index contributed by atoms with van der Waals surface area (Å²) in [4.78, 5) is 2.61. The number of halogens is 1. The van der Waals surface area contributed by atoms with Gasteiger partial charge in [-0.25, -0.2) is 0 Å². The highest BCUT2D eigenvalue weighted by atomic mass is 35.5. The molecule has 2 nitrogen and oxygen atoms in total. The third-order valence-electron chi connectivity index (χ3n) is 4.12. The van der Waals surface area contributed by atoms with Crippen molar-refractivity contribution in [1.29, 1.82) is 0 Å². The van der Waals surface area contributed by atoms with Gasteiger partial charge in [0.15, 0.2) is 0 Å². The van der Waals surface area contributed by atoms with Crippen LogP contribution in [0, 0.1) is 0 Å². The van der Waals surface area contributed by atoms with Gasteiger partial charge in [0.1, 0.15) is 0 Å². The monoisotopic (exact) mass is 242 g/mol. The molecule has 16 heavy (non-hydrogen) atoms. The van der Waals surface area contributed by atoms with E-state index < -0.39 is 0 Å². The van der Waals surface area contributed by atoms with Gasteiger partial charge >= 0.3 is 0 Å². The molecule has 0 aromatic carbocycles. The van der Waals surface area contributed by atoms with Gasteiger partial charge in [-0.2, -0.15) is 0 Å². The molecule has 2 aliphatic rings. The van der Waals surface area contributed by atoms with Crippen LogP contribution < -0.4 is 5.32 Å². The number of allylic oxidation sites excluding steroid dienone is 1. The summed E-state index contributed by atoms with van der Waals surface area (Å²) >= 11 is 5.60. The normalized spacial score (nSPS) is 35.8. The van der Waals surface area contributed by atoms with Crippen molar-refractivity contribution in [1.82, 2.24) is 10.2 Å². The van der Waals surface area contributed by atoms with E-state index in [1.54, 1.807) is 0 Å². The summed E-state index contributed by atoms with van der Waals surface area (Å²) in [5.41, 5.74) is 0. The molecule has 0 amide bonds. The predicted octanol–water partition coefficient (Wildman–Crippen LogP) is 2.39. The second kappa shape index (κ2) is 6.04. The van der Waals surface area contributed by atoms with Gasteiger partial charge in [-0.05, 0) is 32.7 Å². The van der Waals surface area contributed by atoms with Crippen LogP contribution in [0.15, 0.2) is 12.2 Å². The molecule has 2 bridgehead atoms. The zero-order valence-corrected chi connectivity index (χ0v) is 10.9. The number of hydrogen-bond acceptors (Lipinski definition) is 2. The van der Waals surface area contributed by atoms with E-state index in [0.29, 0.717) is 11.9 Å². The second-order valence-electron chi connectivity index (χ2n) is 5.11. The summed E-state index contributed by atoms with van der Waals surface area (Å²) in [6, 6.07) is 2.36. The van der Waals surface area contributed by atoms with Gasteiger partial charge in [-0.3, -0.25) is 0 Å². The first-order chi connectivity index (χ1) is 7.81. The van der Waals surface area contributed by atoms with Crippen LogP contribution in [-0.2, 0) is 0 Å². The number of nitrogens with one attached hydrogen (secondary N) is 1. The van der Waals surface area contributed by atoms with Gasteiger partial charge < -0.3 is 10.2 Å². The van der Waals surface area contributed by atoms with Crippen molar-refractivity contribution >= 4 is 11.6 Å². The van der Waals surface area contributed by atoms with Crippen LogP contribution in [0.2, 0.25) is 0 Å². The number of fused-ring (bicyclic) bond motifs is 2. The lowest BCUT2D eigenvalue weighted by atomic mass is 9.82. The fourth-order valence-corrected chi connectivity index (χ4v) is 3.29. The Labute approximate surface area is 104 Å². The topological polar surface area (TPSA) is 15.3 Å². The Kier molecular flexibility index (Phi) is 4.68. The molecule has 2 aliphatic heterocycles. The summed E-state index contributed by atoms with van der Waals surface area (Å²) in [7, 11) is 2.30. The van der Waals surface area contributed by atoms with Crippen molar-refractivity contribution in [2.75, 3.05) is 19.5 Å². The molecule has 92 valence electrons. The third kappa shape index (κ3) is 2.99. The van der Waals surface area contributed by atoms with Crippen LogP contribution in [0.25, 0.3) is 0 Å². The minimum atomic E-state index is 0.625. The molecule has 3 heteroatoms. The average molecular weight is 243 g/mol. The standard InChI is InChI=1S/C13H23ClN2/c1-16-12-5-4-6-13(16)10-11(9-12)15-8-3-2-7-14/h2-3,11-13,15H,4-10H2,1H3/b3-2+. The van der Waals surface area contributed by atoms with Gasteiger partial charge in [-0.15, -0.1) is 11.6 Å². The highest BCUT2D eigenvalue weighted by molar-refractivity contribution is 6.18. The van der Waals surface area contributed by atoms with E-state index in [4.69, 9.17) is 11.6 Å². The summed E-state index contributed by atoms with van der Waals surface area (Å²) in [6.45, 7) is 0.973. The van der Waals surface area contributed by atoms with Crippen molar-refractivity contribution in [3.63, 3.8) is 0 Å². The van der Waals surface area contributed by atoms with Gasteiger partial charge in [0.2, 0.25) is 0 Å². The number of rotatable bonds is 4.